The second kappa shape index (κ2) is 8.82. The van der Waals surface area contributed by atoms with E-state index in [1.165, 1.54) is 0 Å². The topological polar surface area (TPSA) is 68.3 Å². The first-order chi connectivity index (χ1) is 12.8. The molecule has 6 heteroatoms. The molecule has 0 bridgehead atoms. The molecule has 3 rings (SSSR count). The van der Waals surface area contributed by atoms with Gasteiger partial charge >= 0.3 is 0 Å². The van der Waals surface area contributed by atoms with E-state index in [0.29, 0.717) is 19.1 Å². The molecule has 0 amide bonds. The predicted molar refractivity (Wildman–Crippen MR) is 104 cm³/mol. The van der Waals surface area contributed by atoms with Gasteiger partial charge in [-0.1, -0.05) is 42.5 Å². The van der Waals surface area contributed by atoms with E-state index in [1.54, 1.807) is 14.2 Å². The molecule has 26 heavy (non-hydrogen) atoms. The van der Waals surface area contributed by atoms with Crippen molar-refractivity contribution >= 4 is 17.5 Å². The van der Waals surface area contributed by atoms with E-state index in [-0.39, 0.29) is 0 Å². The molecule has 0 fully saturated rings. The van der Waals surface area contributed by atoms with Crippen LogP contribution < -0.4 is 15.4 Å². The SMILES string of the molecule is COCCNc1cc(-c2ccccc2)nc(Nc2ccccc2OC)n1. The number of methoxy groups -OCH3 is 2. The summed E-state index contributed by atoms with van der Waals surface area (Å²) in [5.74, 6) is 1.96. The van der Waals surface area contributed by atoms with Gasteiger partial charge in [0, 0.05) is 25.3 Å². The number of hydrogen-bond acceptors (Lipinski definition) is 6. The summed E-state index contributed by atoms with van der Waals surface area (Å²) in [6.07, 6.45) is 0. The van der Waals surface area contributed by atoms with E-state index in [0.717, 1.165) is 28.5 Å². The zero-order chi connectivity index (χ0) is 18.2. The largest absolute Gasteiger partial charge is 0.495 e. The molecule has 0 saturated heterocycles. The second-order valence-corrected chi connectivity index (χ2v) is 5.57. The van der Waals surface area contributed by atoms with Crippen LogP contribution in [0.2, 0.25) is 0 Å². The monoisotopic (exact) mass is 350 g/mol. The lowest BCUT2D eigenvalue weighted by molar-refractivity contribution is 0.210. The molecule has 6 nitrogen and oxygen atoms in total. The van der Waals surface area contributed by atoms with E-state index in [4.69, 9.17) is 9.47 Å². The molecule has 0 atom stereocenters. The van der Waals surface area contributed by atoms with Crippen LogP contribution in [0.1, 0.15) is 0 Å². The fourth-order valence-electron chi connectivity index (χ4n) is 2.50. The Morgan fingerprint density at radius 2 is 1.69 bits per heavy atom. The van der Waals surface area contributed by atoms with Crippen molar-refractivity contribution < 1.29 is 9.47 Å². The number of hydrogen-bond donors (Lipinski definition) is 2. The van der Waals surface area contributed by atoms with Crippen molar-refractivity contribution in [3.8, 4) is 17.0 Å². The first-order valence-electron chi connectivity index (χ1n) is 8.37. The van der Waals surface area contributed by atoms with Crippen molar-refractivity contribution in [2.24, 2.45) is 0 Å². The van der Waals surface area contributed by atoms with Crippen molar-refractivity contribution in [1.82, 2.24) is 9.97 Å². The Hall–Kier alpha value is -3.12. The summed E-state index contributed by atoms with van der Waals surface area (Å²) in [5, 5.41) is 6.51. The molecule has 2 N–H and O–H groups in total. The van der Waals surface area contributed by atoms with Crippen LogP contribution in [-0.4, -0.2) is 37.3 Å². The number of ether oxygens (including phenoxy) is 2. The molecule has 1 aromatic heterocycles. The lowest BCUT2D eigenvalue weighted by Gasteiger charge is -2.13. The van der Waals surface area contributed by atoms with Crippen molar-refractivity contribution in [3.63, 3.8) is 0 Å². The Balaban J connectivity index is 1.93. The first-order valence-corrected chi connectivity index (χ1v) is 8.37. The zero-order valence-electron chi connectivity index (χ0n) is 14.9. The summed E-state index contributed by atoms with van der Waals surface area (Å²) >= 11 is 0. The Morgan fingerprint density at radius 1 is 0.923 bits per heavy atom. The quantitative estimate of drug-likeness (QED) is 0.600. The third-order valence-corrected chi connectivity index (χ3v) is 3.76. The number of rotatable bonds is 8. The van der Waals surface area contributed by atoms with E-state index < -0.39 is 0 Å². The van der Waals surface area contributed by atoms with Gasteiger partial charge in [-0.2, -0.15) is 4.98 Å². The van der Waals surface area contributed by atoms with Crippen LogP contribution in [0.5, 0.6) is 5.75 Å². The minimum Gasteiger partial charge on any atom is -0.495 e. The van der Waals surface area contributed by atoms with Crippen LogP contribution in [-0.2, 0) is 4.74 Å². The maximum Gasteiger partial charge on any atom is 0.229 e. The summed E-state index contributed by atoms with van der Waals surface area (Å²) in [5.41, 5.74) is 2.66. The van der Waals surface area contributed by atoms with Crippen LogP contribution in [0.4, 0.5) is 17.5 Å². The van der Waals surface area contributed by atoms with Gasteiger partial charge in [-0.05, 0) is 12.1 Å². The van der Waals surface area contributed by atoms with Gasteiger partial charge < -0.3 is 20.1 Å². The Labute approximate surface area is 153 Å². The van der Waals surface area contributed by atoms with E-state index in [9.17, 15) is 0 Å². The molecule has 0 radical (unpaired) electrons. The average molecular weight is 350 g/mol. The number of anilines is 3. The zero-order valence-corrected chi connectivity index (χ0v) is 14.9. The molecule has 0 spiro atoms. The molecular weight excluding hydrogens is 328 g/mol. The fourth-order valence-corrected chi connectivity index (χ4v) is 2.50. The summed E-state index contributed by atoms with van der Waals surface area (Å²) in [6, 6.07) is 19.6. The van der Waals surface area contributed by atoms with Crippen molar-refractivity contribution in [3.05, 3.63) is 60.7 Å². The van der Waals surface area contributed by atoms with Gasteiger partial charge in [0.15, 0.2) is 0 Å². The molecule has 2 aromatic carbocycles. The molecule has 3 aromatic rings. The smallest absolute Gasteiger partial charge is 0.229 e. The molecule has 1 heterocycles. The highest BCUT2D eigenvalue weighted by molar-refractivity contribution is 5.68. The van der Waals surface area contributed by atoms with Crippen LogP contribution in [0.15, 0.2) is 60.7 Å². The number of nitrogens with zero attached hydrogens (tertiary/aromatic N) is 2. The highest BCUT2D eigenvalue weighted by Crippen LogP contribution is 2.28. The summed E-state index contributed by atoms with van der Waals surface area (Å²) in [7, 11) is 3.31. The van der Waals surface area contributed by atoms with Crippen molar-refractivity contribution in [2.45, 2.75) is 0 Å². The lowest BCUT2D eigenvalue weighted by atomic mass is 10.1. The molecule has 0 unspecified atom stereocenters. The number of benzene rings is 2. The Bertz CT molecular complexity index is 840. The number of para-hydroxylation sites is 2. The summed E-state index contributed by atoms with van der Waals surface area (Å²) in [6.45, 7) is 1.26. The molecular formula is C20H22N4O2. The van der Waals surface area contributed by atoms with Gasteiger partial charge in [-0.15, -0.1) is 0 Å². The molecule has 134 valence electrons. The van der Waals surface area contributed by atoms with Gasteiger partial charge in [0.25, 0.3) is 0 Å². The predicted octanol–water partition coefficient (Wildman–Crippen LogP) is 3.95. The van der Waals surface area contributed by atoms with Crippen LogP contribution in [0.3, 0.4) is 0 Å². The minimum absolute atomic E-state index is 0.496. The Kier molecular flexibility index (Phi) is 6.01. The highest BCUT2D eigenvalue weighted by atomic mass is 16.5. The van der Waals surface area contributed by atoms with Crippen LogP contribution >= 0.6 is 0 Å². The average Bonchev–Trinajstić information content (AvgIpc) is 2.69. The van der Waals surface area contributed by atoms with Crippen LogP contribution in [0.25, 0.3) is 11.3 Å². The van der Waals surface area contributed by atoms with Gasteiger partial charge in [0.05, 0.1) is 25.1 Å². The fraction of sp³-hybridized carbons (Fsp3) is 0.200. The maximum atomic E-state index is 5.39. The Morgan fingerprint density at radius 3 is 2.46 bits per heavy atom. The van der Waals surface area contributed by atoms with E-state index in [2.05, 4.69) is 20.6 Å². The lowest BCUT2D eigenvalue weighted by Crippen LogP contribution is -2.10. The minimum atomic E-state index is 0.496. The normalized spacial score (nSPS) is 10.4. The van der Waals surface area contributed by atoms with Gasteiger partial charge in [0.2, 0.25) is 5.95 Å². The first kappa shape index (κ1) is 17.7. The molecule has 0 aliphatic rings. The molecule has 0 aliphatic carbocycles. The standard InChI is InChI=1S/C20H22N4O2/c1-25-13-12-21-19-14-17(15-8-4-3-5-9-15)23-20(24-19)22-16-10-6-7-11-18(16)26-2/h3-11,14H,12-13H2,1-2H3,(H2,21,22,23,24). The summed E-state index contributed by atoms with van der Waals surface area (Å²) in [4.78, 5) is 9.21. The summed E-state index contributed by atoms with van der Waals surface area (Å²) < 4.78 is 10.5. The van der Waals surface area contributed by atoms with Gasteiger partial charge in [0.1, 0.15) is 11.6 Å². The third-order valence-electron chi connectivity index (χ3n) is 3.76. The third kappa shape index (κ3) is 4.49. The number of aromatic nitrogens is 2. The highest BCUT2D eigenvalue weighted by Gasteiger charge is 2.09. The van der Waals surface area contributed by atoms with Crippen molar-refractivity contribution in [2.75, 3.05) is 38.0 Å². The van der Waals surface area contributed by atoms with E-state index >= 15 is 0 Å². The number of nitrogens with one attached hydrogen (secondary N) is 2. The maximum absolute atomic E-state index is 5.39. The second-order valence-electron chi connectivity index (χ2n) is 5.57. The molecule has 0 aliphatic heterocycles. The van der Waals surface area contributed by atoms with Gasteiger partial charge in [-0.3, -0.25) is 0 Å². The van der Waals surface area contributed by atoms with Crippen LogP contribution in [0, 0.1) is 0 Å². The van der Waals surface area contributed by atoms with Crippen molar-refractivity contribution in [1.29, 1.82) is 0 Å². The van der Waals surface area contributed by atoms with Gasteiger partial charge in [-0.25, -0.2) is 4.98 Å². The molecule has 0 saturated carbocycles. The van der Waals surface area contributed by atoms with E-state index in [1.807, 2.05) is 60.7 Å².